The number of aryl methyl sites for hydroxylation is 1. The van der Waals surface area contributed by atoms with Crippen molar-refractivity contribution >= 4 is 11.8 Å². The number of nitrogens with zero attached hydrogens (tertiary/aromatic N) is 5. The van der Waals surface area contributed by atoms with E-state index in [1.807, 2.05) is 31.2 Å². The molecule has 3 rings (SSSR count). The summed E-state index contributed by atoms with van der Waals surface area (Å²) >= 11 is 1.58. The van der Waals surface area contributed by atoms with Gasteiger partial charge in [-0.05, 0) is 30.7 Å². The monoisotopic (exact) mass is 373 g/mol. The molecule has 0 unspecified atom stereocenters. The van der Waals surface area contributed by atoms with Crippen molar-refractivity contribution in [3.05, 3.63) is 36.0 Å². The van der Waals surface area contributed by atoms with Crippen molar-refractivity contribution in [2.24, 2.45) is 0 Å². The van der Waals surface area contributed by atoms with Crippen molar-refractivity contribution in [2.75, 3.05) is 7.11 Å². The summed E-state index contributed by atoms with van der Waals surface area (Å²) in [5.74, 6) is 3.64. The highest BCUT2D eigenvalue weighted by atomic mass is 32.2. The zero-order valence-corrected chi connectivity index (χ0v) is 16.1. The Labute approximate surface area is 157 Å². The Bertz CT molecular complexity index is 828. The fourth-order valence-corrected chi connectivity index (χ4v) is 3.30. The zero-order chi connectivity index (χ0) is 18.4. The lowest BCUT2D eigenvalue weighted by Gasteiger charge is -2.09. The zero-order valence-electron chi connectivity index (χ0n) is 15.3. The molecule has 0 fully saturated rings. The predicted molar refractivity (Wildman–Crippen MR) is 100 cm³/mol. The molecule has 138 valence electrons. The molecule has 0 saturated carbocycles. The smallest absolute Gasteiger partial charge is 0.226 e. The molecule has 0 aliphatic carbocycles. The van der Waals surface area contributed by atoms with Gasteiger partial charge in [0.05, 0.1) is 12.9 Å². The van der Waals surface area contributed by atoms with Crippen LogP contribution in [0.5, 0.6) is 5.75 Å². The summed E-state index contributed by atoms with van der Waals surface area (Å²) in [6.45, 7) is 5.04. The molecule has 0 aliphatic rings. The summed E-state index contributed by atoms with van der Waals surface area (Å²) in [4.78, 5) is 4.35. The average molecular weight is 373 g/mol. The van der Waals surface area contributed by atoms with Crippen molar-refractivity contribution in [2.45, 2.75) is 50.6 Å². The SMILES string of the molecule is CCCCn1c(SCc2noc(CC)n2)nnc1-c1ccc(OC)cc1. The van der Waals surface area contributed by atoms with E-state index >= 15 is 0 Å². The summed E-state index contributed by atoms with van der Waals surface area (Å²) in [7, 11) is 1.66. The van der Waals surface area contributed by atoms with E-state index in [0.29, 0.717) is 17.5 Å². The Kier molecular flexibility index (Phi) is 6.27. The maximum atomic E-state index is 5.23. The highest BCUT2D eigenvalue weighted by molar-refractivity contribution is 7.98. The number of rotatable bonds is 9. The number of thioether (sulfide) groups is 1. The topological polar surface area (TPSA) is 78.9 Å². The number of hydrogen-bond donors (Lipinski definition) is 0. The third kappa shape index (κ3) is 4.24. The summed E-state index contributed by atoms with van der Waals surface area (Å²) in [5.41, 5.74) is 1.02. The van der Waals surface area contributed by atoms with Gasteiger partial charge in [-0.3, -0.25) is 0 Å². The average Bonchev–Trinajstić information content (AvgIpc) is 3.31. The lowest BCUT2D eigenvalue weighted by Crippen LogP contribution is -2.03. The van der Waals surface area contributed by atoms with Crippen LogP contribution in [0.4, 0.5) is 0 Å². The summed E-state index contributed by atoms with van der Waals surface area (Å²) in [6, 6.07) is 7.89. The van der Waals surface area contributed by atoms with Crippen LogP contribution in [0.2, 0.25) is 0 Å². The number of hydrogen-bond acceptors (Lipinski definition) is 7. The van der Waals surface area contributed by atoms with Crippen LogP contribution in [-0.2, 0) is 18.7 Å². The third-order valence-corrected chi connectivity index (χ3v) is 4.91. The molecular formula is C18H23N5O2S. The van der Waals surface area contributed by atoms with Gasteiger partial charge in [0.1, 0.15) is 5.75 Å². The number of methoxy groups -OCH3 is 1. The van der Waals surface area contributed by atoms with E-state index in [1.165, 1.54) is 0 Å². The summed E-state index contributed by atoms with van der Waals surface area (Å²) < 4.78 is 12.6. The van der Waals surface area contributed by atoms with Crippen molar-refractivity contribution < 1.29 is 9.26 Å². The van der Waals surface area contributed by atoms with Gasteiger partial charge in [-0.25, -0.2) is 0 Å². The van der Waals surface area contributed by atoms with Crippen molar-refractivity contribution in [3.8, 4) is 17.1 Å². The minimum atomic E-state index is 0.608. The van der Waals surface area contributed by atoms with Crippen molar-refractivity contribution in [1.82, 2.24) is 24.9 Å². The molecule has 0 saturated heterocycles. The Hall–Kier alpha value is -2.35. The second-order valence-electron chi connectivity index (χ2n) is 5.79. The lowest BCUT2D eigenvalue weighted by molar-refractivity contribution is 0.378. The molecule has 26 heavy (non-hydrogen) atoms. The van der Waals surface area contributed by atoms with Gasteiger partial charge < -0.3 is 13.8 Å². The molecule has 0 radical (unpaired) electrons. The normalized spacial score (nSPS) is 11.0. The van der Waals surface area contributed by atoms with Crippen LogP contribution < -0.4 is 4.74 Å². The first kappa shape index (κ1) is 18.4. The molecule has 7 nitrogen and oxygen atoms in total. The largest absolute Gasteiger partial charge is 0.497 e. The van der Waals surface area contributed by atoms with Crippen LogP contribution in [-0.4, -0.2) is 32.0 Å². The molecule has 8 heteroatoms. The Morgan fingerprint density at radius 3 is 2.62 bits per heavy atom. The Morgan fingerprint density at radius 2 is 1.96 bits per heavy atom. The number of benzene rings is 1. The Balaban J connectivity index is 1.81. The van der Waals surface area contributed by atoms with Crippen LogP contribution in [0.25, 0.3) is 11.4 Å². The molecule has 0 atom stereocenters. The molecule has 0 spiro atoms. The van der Waals surface area contributed by atoms with Crippen LogP contribution in [0.3, 0.4) is 0 Å². The molecule has 2 heterocycles. The maximum absolute atomic E-state index is 5.23. The minimum Gasteiger partial charge on any atom is -0.497 e. The van der Waals surface area contributed by atoms with E-state index in [1.54, 1.807) is 18.9 Å². The van der Waals surface area contributed by atoms with E-state index in [-0.39, 0.29) is 0 Å². The van der Waals surface area contributed by atoms with Crippen LogP contribution >= 0.6 is 11.8 Å². The number of ether oxygens (including phenoxy) is 1. The first-order valence-electron chi connectivity index (χ1n) is 8.77. The van der Waals surface area contributed by atoms with Gasteiger partial charge in [0.15, 0.2) is 16.8 Å². The molecular weight excluding hydrogens is 350 g/mol. The quantitative estimate of drug-likeness (QED) is 0.525. The molecule has 3 aromatic rings. The van der Waals surface area contributed by atoms with Crippen LogP contribution in [0.15, 0.2) is 33.9 Å². The lowest BCUT2D eigenvalue weighted by atomic mass is 10.2. The number of aromatic nitrogens is 5. The molecule has 0 amide bonds. The molecule has 0 bridgehead atoms. The van der Waals surface area contributed by atoms with Crippen molar-refractivity contribution in [1.29, 1.82) is 0 Å². The molecule has 0 aliphatic heterocycles. The van der Waals surface area contributed by atoms with E-state index in [0.717, 1.165) is 48.1 Å². The molecule has 0 N–H and O–H groups in total. The standard InChI is InChI=1S/C18H23N5O2S/c1-4-6-11-23-17(13-7-9-14(24-3)10-8-13)20-21-18(23)26-12-15-19-16(5-2)25-22-15/h7-10H,4-6,11-12H2,1-3H3. The molecule has 2 aromatic heterocycles. The van der Waals surface area contributed by atoms with E-state index in [2.05, 4.69) is 31.8 Å². The first-order valence-corrected chi connectivity index (χ1v) is 9.75. The fraction of sp³-hybridized carbons (Fsp3) is 0.444. The highest BCUT2D eigenvalue weighted by Gasteiger charge is 2.15. The third-order valence-electron chi connectivity index (χ3n) is 3.94. The van der Waals surface area contributed by atoms with E-state index in [9.17, 15) is 0 Å². The van der Waals surface area contributed by atoms with Gasteiger partial charge in [-0.1, -0.05) is 37.2 Å². The van der Waals surface area contributed by atoms with Crippen LogP contribution in [0, 0.1) is 0 Å². The van der Waals surface area contributed by atoms with Crippen LogP contribution in [0.1, 0.15) is 38.4 Å². The van der Waals surface area contributed by atoms with Gasteiger partial charge in [0, 0.05) is 18.5 Å². The second-order valence-corrected chi connectivity index (χ2v) is 6.73. The van der Waals surface area contributed by atoms with Gasteiger partial charge in [0.2, 0.25) is 5.89 Å². The maximum Gasteiger partial charge on any atom is 0.226 e. The van der Waals surface area contributed by atoms with Crippen molar-refractivity contribution in [3.63, 3.8) is 0 Å². The minimum absolute atomic E-state index is 0.608. The first-order chi connectivity index (χ1) is 12.7. The Morgan fingerprint density at radius 1 is 1.15 bits per heavy atom. The number of unbranched alkanes of at least 4 members (excludes halogenated alkanes) is 1. The predicted octanol–water partition coefficient (Wildman–Crippen LogP) is 3.99. The second kappa shape index (κ2) is 8.84. The van der Waals surface area contributed by atoms with Gasteiger partial charge in [-0.2, -0.15) is 4.98 Å². The van der Waals surface area contributed by atoms with Gasteiger partial charge in [0.25, 0.3) is 0 Å². The van der Waals surface area contributed by atoms with E-state index < -0.39 is 0 Å². The summed E-state index contributed by atoms with van der Waals surface area (Å²) in [6.07, 6.45) is 2.91. The molecule has 1 aromatic carbocycles. The van der Waals surface area contributed by atoms with E-state index in [4.69, 9.17) is 9.26 Å². The fourth-order valence-electron chi connectivity index (χ4n) is 2.49. The summed E-state index contributed by atoms with van der Waals surface area (Å²) in [5, 5.41) is 13.7. The van der Waals surface area contributed by atoms with Gasteiger partial charge in [-0.15, -0.1) is 10.2 Å². The van der Waals surface area contributed by atoms with Gasteiger partial charge >= 0.3 is 0 Å². The highest BCUT2D eigenvalue weighted by Crippen LogP contribution is 2.27.